The van der Waals surface area contributed by atoms with Crippen LogP contribution in [0.3, 0.4) is 0 Å². The maximum atomic E-state index is 5.56. The third-order valence-electron chi connectivity index (χ3n) is 3.26. The number of aromatic nitrogens is 2. The SMILES string of the molecule is COc1cccc(Cc2nc3c(c(NN)n2)CSC3)c1. The van der Waals surface area contributed by atoms with Gasteiger partial charge in [0, 0.05) is 23.5 Å². The molecule has 3 rings (SSSR count). The monoisotopic (exact) mass is 288 g/mol. The molecule has 0 spiro atoms. The number of fused-ring (bicyclic) bond motifs is 1. The lowest BCUT2D eigenvalue weighted by molar-refractivity contribution is 0.414. The van der Waals surface area contributed by atoms with Gasteiger partial charge in [0.1, 0.15) is 17.4 Å². The molecule has 2 heterocycles. The lowest BCUT2D eigenvalue weighted by Gasteiger charge is -2.09. The van der Waals surface area contributed by atoms with E-state index in [2.05, 4.69) is 15.4 Å². The lowest BCUT2D eigenvalue weighted by Crippen LogP contribution is -2.14. The Morgan fingerprint density at radius 1 is 1.35 bits per heavy atom. The molecule has 0 unspecified atom stereocenters. The molecule has 5 nitrogen and oxygen atoms in total. The van der Waals surface area contributed by atoms with Crippen LogP contribution in [0.2, 0.25) is 0 Å². The molecule has 1 aromatic heterocycles. The summed E-state index contributed by atoms with van der Waals surface area (Å²) < 4.78 is 5.23. The zero-order valence-electron chi connectivity index (χ0n) is 11.2. The van der Waals surface area contributed by atoms with Gasteiger partial charge in [0.15, 0.2) is 0 Å². The molecule has 1 aliphatic rings. The highest BCUT2D eigenvalue weighted by atomic mass is 32.2. The second kappa shape index (κ2) is 5.68. The first kappa shape index (κ1) is 13.2. The predicted octanol–water partition coefficient (Wildman–Crippen LogP) is 2.11. The number of thioether (sulfide) groups is 1. The van der Waals surface area contributed by atoms with Gasteiger partial charge in [0.2, 0.25) is 0 Å². The van der Waals surface area contributed by atoms with Crippen LogP contribution in [0, 0.1) is 0 Å². The van der Waals surface area contributed by atoms with Crippen LogP contribution in [-0.2, 0) is 17.9 Å². The number of benzene rings is 1. The first-order chi connectivity index (χ1) is 9.80. The Labute approximate surface area is 121 Å². The standard InChI is InChI=1S/C14H16N4OS/c1-19-10-4-2-3-9(5-10)6-13-16-12-8-20-7-11(12)14(17-13)18-15/h2-5H,6-8,15H2,1H3,(H,16,17,18). The average molecular weight is 288 g/mol. The van der Waals surface area contributed by atoms with Gasteiger partial charge in [-0.2, -0.15) is 11.8 Å². The van der Waals surface area contributed by atoms with Gasteiger partial charge >= 0.3 is 0 Å². The van der Waals surface area contributed by atoms with E-state index in [1.807, 2.05) is 36.0 Å². The predicted molar refractivity (Wildman–Crippen MR) is 80.6 cm³/mol. The Morgan fingerprint density at radius 2 is 2.25 bits per heavy atom. The molecule has 3 N–H and O–H groups in total. The molecule has 1 aliphatic heterocycles. The van der Waals surface area contributed by atoms with Crippen LogP contribution in [0.15, 0.2) is 24.3 Å². The third kappa shape index (κ3) is 2.57. The number of hydrogen-bond donors (Lipinski definition) is 2. The summed E-state index contributed by atoms with van der Waals surface area (Å²) in [5, 5.41) is 0. The largest absolute Gasteiger partial charge is 0.497 e. The quantitative estimate of drug-likeness (QED) is 0.663. The highest BCUT2D eigenvalue weighted by molar-refractivity contribution is 7.98. The number of rotatable bonds is 4. The number of hydrogen-bond acceptors (Lipinski definition) is 6. The molecule has 2 aromatic rings. The Bertz CT molecular complexity index is 633. The van der Waals surface area contributed by atoms with Crippen LogP contribution >= 0.6 is 11.8 Å². The fourth-order valence-electron chi connectivity index (χ4n) is 2.27. The average Bonchev–Trinajstić information content (AvgIpc) is 2.95. The Kier molecular flexibility index (Phi) is 3.75. The van der Waals surface area contributed by atoms with E-state index in [9.17, 15) is 0 Å². The van der Waals surface area contributed by atoms with Crippen molar-refractivity contribution >= 4 is 17.6 Å². The van der Waals surface area contributed by atoms with Crippen molar-refractivity contribution in [3.05, 3.63) is 46.9 Å². The molecule has 0 saturated carbocycles. The van der Waals surface area contributed by atoms with Gasteiger partial charge in [-0.05, 0) is 17.7 Å². The van der Waals surface area contributed by atoms with Crippen LogP contribution in [0.25, 0.3) is 0 Å². The van der Waals surface area contributed by atoms with Crippen molar-refractivity contribution in [3.63, 3.8) is 0 Å². The van der Waals surface area contributed by atoms with E-state index in [0.717, 1.165) is 45.7 Å². The minimum Gasteiger partial charge on any atom is -0.497 e. The van der Waals surface area contributed by atoms with Gasteiger partial charge in [-0.1, -0.05) is 12.1 Å². The molecular formula is C14H16N4OS. The summed E-state index contributed by atoms with van der Waals surface area (Å²) in [6.45, 7) is 0. The van der Waals surface area contributed by atoms with E-state index >= 15 is 0 Å². The van der Waals surface area contributed by atoms with Crippen molar-refractivity contribution in [2.75, 3.05) is 12.5 Å². The summed E-state index contributed by atoms with van der Waals surface area (Å²) in [5.41, 5.74) is 6.03. The normalized spacial score (nSPS) is 13.1. The van der Waals surface area contributed by atoms with Crippen molar-refractivity contribution in [3.8, 4) is 5.75 Å². The molecule has 0 aliphatic carbocycles. The number of anilines is 1. The highest BCUT2D eigenvalue weighted by Gasteiger charge is 2.19. The maximum absolute atomic E-state index is 5.56. The second-order valence-electron chi connectivity index (χ2n) is 4.58. The molecule has 0 fully saturated rings. The van der Waals surface area contributed by atoms with E-state index in [1.54, 1.807) is 7.11 Å². The summed E-state index contributed by atoms with van der Waals surface area (Å²) in [7, 11) is 1.67. The minimum absolute atomic E-state index is 0.670. The molecule has 6 heteroatoms. The molecular weight excluding hydrogens is 272 g/mol. The van der Waals surface area contributed by atoms with Crippen LogP contribution in [-0.4, -0.2) is 17.1 Å². The Balaban J connectivity index is 1.90. The Hall–Kier alpha value is -1.79. The molecule has 104 valence electrons. The van der Waals surface area contributed by atoms with Crippen molar-refractivity contribution < 1.29 is 4.74 Å². The molecule has 0 bridgehead atoms. The zero-order valence-corrected chi connectivity index (χ0v) is 12.0. The fourth-order valence-corrected chi connectivity index (χ4v) is 3.31. The van der Waals surface area contributed by atoms with Gasteiger partial charge in [0.25, 0.3) is 0 Å². The fraction of sp³-hybridized carbons (Fsp3) is 0.286. The van der Waals surface area contributed by atoms with E-state index < -0.39 is 0 Å². The first-order valence-electron chi connectivity index (χ1n) is 6.36. The minimum atomic E-state index is 0.670. The summed E-state index contributed by atoms with van der Waals surface area (Å²) in [6, 6.07) is 7.94. The van der Waals surface area contributed by atoms with Crippen molar-refractivity contribution in [1.82, 2.24) is 9.97 Å². The number of nitrogens with one attached hydrogen (secondary N) is 1. The summed E-state index contributed by atoms with van der Waals surface area (Å²) in [4.78, 5) is 9.16. The molecule has 0 radical (unpaired) electrons. The van der Waals surface area contributed by atoms with Gasteiger partial charge < -0.3 is 10.2 Å². The number of ether oxygens (including phenoxy) is 1. The third-order valence-corrected chi connectivity index (χ3v) is 4.23. The molecule has 0 atom stereocenters. The number of nitrogens with zero attached hydrogens (tertiary/aromatic N) is 2. The summed E-state index contributed by atoms with van der Waals surface area (Å²) in [5.74, 6) is 9.79. The number of nitrogens with two attached hydrogens (primary N) is 1. The summed E-state index contributed by atoms with van der Waals surface area (Å²) in [6.07, 6.45) is 0.670. The van der Waals surface area contributed by atoms with E-state index in [4.69, 9.17) is 10.6 Å². The number of methoxy groups -OCH3 is 1. The second-order valence-corrected chi connectivity index (χ2v) is 5.56. The van der Waals surface area contributed by atoms with Gasteiger partial charge in [0.05, 0.1) is 12.8 Å². The van der Waals surface area contributed by atoms with Crippen molar-refractivity contribution in [2.24, 2.45) is 5.84 Å². The van der Waals surface area contributed by atoms with E-state index in [0.29, 0.717) is 6.42 Å². The Morgan fingerprint density at radius 3 is 3.05 bits per heavy atom. The molecule has 20 heavy (non-hydrogen) atoms. The van der Waals surface area contributed by atoms with Crippen LogP contribution in [0.4, 0.5) is 5.82 Å². The topological polar surface area (TPSA) is 73.1 Å². The van der Waals surface area contributed by atoms with Gasteiger partial charge in [-0.3, -0.25) is 0 Å². The summed E-state index contributed by atoms with van der Waals surface area (Å²) >= 11 is 1.84. The van der Waals surface area contributed by atoms with Crippen LogP contribution in [0.5, 0.6) is 5.75 Å². The smallest absolute Gasteiger partial charge is 0.148 e. The molecule has 1 aromatic carbocycles. The van der Waals surface area contributed by atoms with E-state index in [-0.39, 0.29) is 0 Å². The number of hydrazine groups is 1. The van der Waals surface area contributed by atoms with Gasteiger partial charge in [-0.15, -0.1) is 0 Å². The maximum Gasteiger partial charge on any atom is 0.148 e. The van der Waals surface area contributed by atoms with Crippen LogP contribution in [0.1, 0.15) is 22.6 Å². The van der Waals surface area contributed by atoms with Gasteiger partial charge in [-0.25, -0.2) is 15.8 Å². The highest BCUT2D eigenvalue weighted by Crippen LogP contribution is 2.32. The van der Waals surface area contributed by atoms with Crippen molar-refractivity contribution in [2.45, 2.75) is 17.9 Å². The zero-order chi connectivity index (χ0) is 13.9. The lowest BCUT2D eigenvalue weighted by atomic mass is 10.1. The van der Waals surface area contributed by atoms with Crippen LogP contribution < -0.4 is 16.0 Å². The number of nitrogen functional groups attached to an aromatic ring is 1. The van der Waals surface area contributed by atoms with E-state index in [1.165, 1.54) is 0 Å². The first-order valence-corrected chi connectivity index (χ1v) is 7.51. The van der Waals surface area contributed by atoms with Crippen molar-refractivity contribution in [1.29, 1.82) is 0 Å². The molecule has 0 saturated heterocycles. The molecule has 0 amide bonds.